The Balaban J connectivity index is 1.84. The van der Waals surface area contributed by atoms with Crippen molar-refractivity contribution in [3.8, 4) is 0 Å². The maximum Gasteiger partial charge on any atom is 0.0933 e. The van der Waals surface area contributed by atoms with Gasteiger partial charge >= 0.3 is 0 Å². The smallest absolute Gasteiger partial charge is 0.0933 e. The maximum atomic E-state index is 10.6. The van der Waals surface area contributed by atoms with Gasteiger partial charge in [-0.05, 0) is 18.4 Å². The van der Waals surface area contributed by atoms with Gasteiger partial charge in [0.05, 0.1) is 19.3 Å². The van der Waals surface area contributed by atoms with Crippen LogP contribution in [0.3, 0.4) is 0 Å². The zero-order chi connectivity index (χ0) is 13.2. The summed E-state index contributed by atoms with van der Waals surface area (Å²) >= 11 is 1.77. The lowest BCUT2D eigenvalue weighted by Gasteiger charge is -2.28. The molecule has 0 bridgehead atoms. The van der Waals surface area contributed by atoms with E-state index in [0.717, 1.165) is 31.9 Å². The van der Waals surface area contributed by atoms with E-state index in [0.29, 0.717) is 6.54 Å². The molecule has 1 aromatic carbocycles. The summed E-state index contributed by atoms with van der Waals surface area (Å²) in [4.78, 5) is 3.50. The van der Waals surface area contributed by atoms with Gasteiger partial charge in [0, 0.05) is 34.8 Å². The number of aliphatic hydroxyl groups is 1. The lowest BCUT2D eigenvalue weighted by Crippen LogP contribution is -2.38. The molecule has 4 heteroatoms. The molecule has 1 fully saturated rings. The van der Waals surface area contributed by atoms with Crippen molar-refractivity contribution < 1.29 is 9.84 Å². The quantitative estimate of drug-likeness (QED) is 0.936. The van der Waals surface area contributed by atoms with Crippen LogP contribution in [0.4, 0.5) is 0 Å². The van der Waals surface area contributed by atoms with Gasteiger partial charge in [0.2, 0.25) is 0 Å². The summed E-state index contributed by atoms with van der Waals surface area (Å²) in [6.07, 6.45) is -0.408. The molecule has 3 nitrogen and oxygen atoms in total. The summed E-state index contributed by atoms with van der Waals surface area (Å²) in [6, 6.07) is 8.32. The number of aryl methyl sites for hydroxylation is 1. The Hall–Kier alpha value is -0.940. The van der Waals surface area contributed by atoms with Crippen LogP contribution in [0.15, 0.2) is 24.3 Å². The Morgan fingerprint density at radius 1 is 1.32 bits per heavy atom. The van der Waals surface area contributed by atoms with Gasteiger partial charge < -0.3 is 9.84 Å². The summed E-state index contributed by atoms with van der Waals surface area (Å²) in [6.45, 7) is 6.18. The number of rotatable bonds is 3. The average molecular weight is 277 g/mol. The number of morpholine rings is 1. The first-order valence-corrected chi connectivity index (χ1v) is 7.53. The van der Waals surface area contributed by atoms with Crippen LogP contribution in [0.5, 0.6) is 0 Å². The van der Waals surface area contributed by atoms with E-state index in [-0.39, 0.29) is 0 Å². The summed E-state index contributed by atoms with van der Waals surface area (Å²) < 4.78 is 6.60. The largest absolute Gasteiger partial charge is 0.387 e. The lowest BCUT2D eigenvalue weighted by molar-refractivity contribution is 0.0146. The van der Waals surface area contributed by atoms with Crippen LogP contribution >= 0.6 is 11.3 Å². The second-order valence-electron chi connectivity index (χ2n) is 5.00. The lowest BCUT2D eigenvalue weighted by atomic mass is 10.0. The van der Waals surface area contributed by atoms with Gasteiger partial charge in [0.25, 0.3) is 0 Å². The number of thiophene rings is 1. The summed E-state index contributed by atoms with van der Waals surface area (Å²) in [5.74, 6) is 0. The van der Waals surface area contributed by atoms with Crippen molar-refractivity contribution in [3.05, 3.63) is 34.7 Å². The summed E-state index contributed by atoms with van der Waals surface area (Å²) in [5.41, 5.74) is 1.10. The number of β-amino-alcohol motifs (C(OH)–C–C–N with tert-alkyl or cyclic N) is 1. The highest BCUT2D eigenvalue weighted by Gasteiger charge is 2.20. The number of benzene rings is 1. The molecule has 1 aliphatic rings. The average Bonchev–Trinajstić information content (AvgIpc) is 2.75. The standard InChI is InChI=1S/C15H19NO2S/c1-11-15(12-4-2-3-5-14(12)19-11)13(17)10-16-6-8-18-9-7-16/h2-5,13,17H,6-10H2,1H3. The zero-order valence-corrected chi connectivity index (χ0v) is 11.9. The van der Waals surface area contributed by atoms with Crippen LogP contribution in [0.1, 0.15) is 16.5 Å². The molecule has 19 heavy (non-hydrogen) atoms. The monoisotopic (exact) mass is 277 g/mol. The highest BCUT2D eigenvalue weighted by atomic mass is 32.1. The maximum absolute atomic E-state index is 10.6. The van der Waals surface area contributed by atoms with Crippen molar-refractivity contribution in [1.82, 2.24) is 4.90 Å². The minimum atomic E-state index is -0.408. The van der Waals surface area contributed by atoms with Crippen molar-refractivity contribution in [2.75, 3.05) is 32.8 Å². The Labute approximate surface area is 117 Å². The normalized spacial score (nSPS) is 18.8. The van der Waals surface area contributed by atoms with Crippen molar-refractivity contribution in [2.45, 2.75) is 13.0 Å². The van der Waals surface area contributed by atoms with Crippen LogP contribution in [-0.4, -0.2) is 42.9 Å². The van der Waals surface area contributed by atoms with Gasteiger partial charge in [-0.15, -0.1) is 11.3 Å². The molecule has 0 amide bonds. The number of aliphatic hydroxyl groups excluding tert-OH is 1. The minimum absolute atomic E-state index is 0.408. The molecule has 1 atom stereocenters. The van der Waals surface area contributed by atoms with Gasteiger partial charge in [-0.25, -0.2) is 0 Å². The van der Waals surface area contributed by atoms with E-state index in [1.165, 1.54) is 15.0 Å². The van der Waals surface area contributed by atoms with Crippen molar-refractivity contribution in [2.24, 2.45) is 0 Å². The van der Waals surface area contributed by atoms with Crippen LogP contribution in [0, 0.1) is 6.92 Å². The Bertz CT molecular complexity index is 560. The molecule has 0 saturated carbocycles. The fourth-order valence-corrected chi connectivity index (χ4v) is 3.84. The first-order valence-electron chi connectivity index (χ1n) is 6.72. The van der Waals surface area contributed by atoms with Crippen LogP contribution in [-0.2, 0) is 4.74 Å². The molecule has 1 aliphatic heterocycles. The second-order valence-corrected chi connectivity index (χ2v) is 6.25. The molecule has 0 spiro atoms. The number of hydrogen-bond donors (Lipinski definition) is 1. The van der Waals surface area contributed by atoms with E-state index in [9.17, 15) is 5.11 Å². The molecule has 2 aromatic rings. The molecule has 2 heterocycles. The fraction of sp³-hybridized carbons (Fsp3) is 0.467. The van der Waals surface area contributed by atoms with Crippen molar-refractivity contribution in [3.63, 3.8) is 0 Å². The summed E-state index contributed by atoms with van der Waals surface area (Å²) in [5, 5.41) is 11.8. The molecular formula is C15H19NO2S. The third kappa shape index (κ3) is 2.67. The third-order valence-corrected chi connectivity index (χ3v) is 4.79. The molecule has 1 unspecified atom stereocenters. The number of ether oxygens (including phenoxy) is 1. The molecule has 0 radical (unpaired) electrons. The number of nitrogens with zero attached hydrogens (tertiary/aromatic N) is 1. The van der Waals surface area contributed by atoms with Gasteiger partial charge in [-0.1, -0.05) is 18.2 Å². The highest BCUT2D eigenvalue weighted by molar-refractivity contribution is 7.19. The zero-order valence-electron chi connectivity index (χ0n) is 11.1. The molecule has 3 rings (SSSR count). The first-order chi connectivity index (χ1) is 9.25. The van der Waals surface area contributed by atoms with Gasteiger partial charge in [0.1, 0.15) is 0 Å². The molecule has 102 valence electrons. The Morgan fingerprint density at radius 3 is 2.84 bits per heavy atom. The van der Waals surface area contributed by atoms with Crippen LogP contribution in [0.2, 0.25) is 0 Å². The molecular weight excluding hydrogens is 258 g/mol. The number of fused-ring (bicyclic) bond motifs is 1. The molecule has 0 aliphatic carbocycles. The highest BCUT2D eigenvalue weighted by Crippen LogP contribution is 2.35. The third-order valence-electron chi connectivity index (χ3n) is 3.69. The van der Waals surface area contributed by atoms with Crippen LogP contribution < -0.4 is 0 Å². The fourth-order valence-electron chi connectivity index (χ4n) is 2.72. The SMILES string of the molecule is Cc1sc2ccccc2c1C(O)CN1CCOCC1. The molecule has 1 aromatic heterocycles. The minimum Gasteiger partial charge on any atom is -0.387 e. The van der Waals surface area contributed by atoms with E-state index < -0.39 is 6.10 Å². The first kappa shape index (κ1) is 13.1. The Kier molecular flexibility index (Phi) is 3.84. The van der Waals surface area contributed by atoms with E-state index in [2.05, 4.69) is 30.0 Å². The second kappa shape index (κ2) is 5.59. The van der Waals surface area contributed by atoms with E-state index >= 15 is 0 Å². The van der Waals surface area contributed by atoms with Crippen molar-refractivity contribution >= 4 is 21.4 Å². The predicted molar refractivity (Wildman–Crippen MR) is 78.8 cm³/mol. The summed E-state index contributed by atoms with van der Waals surface area (Å²) in [7, 11) is 0. The van der Waals surface area contributed by atoms with E-state index in [1.807, 2.05) is 6.07 Å². The van der Waals surface area contributed by atoms with E-state index in [1.54, 1.807) is 11.3 Å². The van der Waals surface area contributed by atoms with Crippen LogP contribution in [0.25, 0.3) is 10.1 Å². The Morgan fingerprint density at radius 2 is 2.05 bits per heavy atom. The van der Waals surface area contributed by atoms with Gasteiger partial charge in [-0.3, -0.25) is 4.90 Å². The topological polar surface area (TPSA) is 32.7 Å². The van der Waals surface area contributed by atoms with Gasteiger partial charge in [0.15, 0.2) is 0 Å². The van der Waals surface area contributed by atoms with E-state index in [4.69, 9.17) is 4.74 Å². The number of hydrogen-bond acceptors (Lipinski definition) is 4. The molecule has 1 saturated heterocycles. The van der Waals surface area contributed by atoms with Crippen molar-refractivity contribution in [1.29, 1.82) is 0 Å². The van der Waals surface area contributed by atoms with Gasteiger partial charge in [-0.2, -0.15) is 0 Å². The predicted octanol–water partition coefficient (Wildman–Crippen LogP) is 2.58. The molecule has 1 N–H and O–H groups in total.